The molecule has 0 spiro atoms. The predicted octanol–water partition coefficient (Wildman–Crippen LogP) is 8.61. The maximum Gasteiger partial charge on any atom is 0.295 e. The van der Waals surface area contributed by atoms with Crippen molar-refractivity contribution in [3.05, 3.63) is 93.7 Å². The number of carbonyl (C=O) groups excluding carboxylic acids is 1. The second-order valence-corrected chi connectivity index (χ2v) is 24.0. The van der Waals surface area contributed by atoms with Gasteiger partial charge in [-0.3, -0.25) is 13.9 Å². The molecule has 68 heavy (non-hydrogen) atoms. The maximum absolute atomic E-state index is 13.1. The molecule has 8 rings (SSSR count). The highest BCUT2D eigenvalue weighted by Crippen LogP contribution is 2.56. The molecule has 0 fully saturated rings. The van der Waals surface area contributed by atoms with Crippen LogP contribution >= 0.6 is 11.3 Å². The molecule has 0 aliphatic carbocycles. The SMILES string of the molecule is CC1(CCCCS(=O)(=O)O)C(=CC=CC2=[N+]3CCCc4ccc(S(=O)(=O)O)c(c43)C2(C)CCCCCC(=O)CCCCOc2ccc3nc(C#N)sc3c2)N2CCCc3ccc(S(=O)(=O)[O-])c1c32. The molecule has 0 amide bonds. The summed E-state index contributed by atoms with van der Waals surface area (Å²) in [5.41, 5.74) is 4.73. The summed E-state index contributed by atoms with van der Waals surface area (Å²) < 4.78 is 117. The van der Waals surface area contributed by atoms with Crippen LogP contribution in [0.3, 0.4) is 0 Å². The Balaban J connectivity index is 1.00. The minimum atomic E-state index is -4.91. The zero-order valence-corrected chi connectivity index (χ0v) is 41.5. The first-order chi connectivity index (χ1) is 32.2. The lowest BCUT2D eigenvalue weighted by molar-refractivity contribution is -0.443. The number of hydrogen-bond acceptors (Lipinski definition) is 13. The van der Waals surface area contributed by atoms with E-state index >= 15 is 0 Å². The summed E-state index contributed by atoms with van der Waals surface area (Å²) in [5, 5.41) is 9.53. The predicted molar refractivity (Wildman–Crippen MR) is 258 cm³/mol. The summed E-state index contributed by atoms with van der Waals surface area (Å²) in [6.45, 7) is 5.50. The van der Waals surface area contributed by atoms with Gasteiger partial charge in [0.15, 0.2) is 10.7 Å². The molecular formula is C49H56N4O11S4. The first-order valence-electron chi connectivity index (χ1n) is 23.2. The second-order valence-electron chi connectivity index (χ2n) is 18.7. The van der Waals surface area contributed by atoms with Gasteiger partial charge in [0, 0.05) is 59.8 Å². The number of thiazole rings is 1. The van der Waals surface area contributed by atoms with Gasteiger partial charge in [-0.1, -0.05) is 37.5 Å². The highest BCUT2D eigenvalue weighted by Gasteiger charge is 2.53. The molecule has 5 heterocycles. The standard InChI is InChI=1S/C49H56N4O11S4/c1-48(25-6-3-4-15-35(54)16-5-8-29-64-36-21-22-37-38(31-36)65-43(32-50)51-37)41(52-27-11-13-33-19-23-39(67(58,59)60)44(48)46(33)52)17-10-18-42-49(2,26-7-9-30-66(55,56)57)45-40(68(61,62)63)24-20-34-14-12-28-53(42)47(34)45/h10,17-24,31H,3-9,11-16,25-30H2,1-2H3,(H2-,55,56,57,58,59,60,61,62,63). The zero-order chi connectivity index (χ0) is 48.6. The lowest BCUT2D eigenvalue weighted by Gasteiger charge is -2.32. The number of ether oxygens (including phenoxy) is 1. The van der Waals surface area contributed by atoms with Crippen LogP contribution in [0.15, 0.2) is 76.2 Å². The Hall–Kier alpha value is -4.81. The van der Waals surface area contributed by atoms with Crippen LogP contribution in [0.4, 0.5) is 11.4 Å². The van der Waals surface area contributed by atoms with Gasteiger partial charge in [-0.25, -0.2) is 13.4 Å². The van der Waals surface area contributed by atoms with E-state index in [-0.39, 0.29) is 22.0 Å². The number of benzene rings is 3. The van der Waals surface area contributed by atoms with E-state index in [2.05, 4.69) is 20.5 Å². The van der Waals surface area contributed by atoms with Crippen molar-refractivity contribution in [1.82, 2.24) is 4.98 Å². The summed E-state index contributed by atoms with van der Waals surface area (Å²) in [4.78, 5) is 18.8. The van der Waals surface area contributed by atoms with Crippen molar-refractivity contribution < 1.29 is 53.0 Å². The van der Waals surface area contributed by atoms with E-state index in [4.69, 9.17) is 10.00 Å². The largest absolute Gasteiger partial charge is 0.744 e. The molecule has 0 bridgehead atoms. The Morgan fingerprint density at radius 3 is 2.34 bits per heavy atom. The summed E-state index contributed by atoms with van der Waals surface area (Å²) >= 11 is 1.31. The quantitative estimate of drug-likeness (QED) is 0.0452. The number of rotatable bonds is 21. The van der Waals surface area contributed by atoms with Gasteiger partial charge in [-0.15, -0.1) is 11.3 Å². The molecule has 19 heteroatoms. The first kappa shape index (κ1) is 49.6. The fraction of sp³-hybridized carbons (Fsp3) is 0.469. The average Bonchev–Trinajstić information content (AvgIpc) is 3.89. The molecule has 0 saturated heterocycles. The number of allylic oxidation sites excluding steroid dienone is 4. The number of Topliss-reactive ketones (excluding diaryl/α,β-unsaturated/α-hetero) is 1. The van der Waals surface area contributed by atoms with Crippen LogP contribution < -0.4 is 9.64 Å². The molecule has 4 aliphatic rings. The van der Waals surface area contributed by atoms with Crippen molar-refractivity contribution >= 4 is 74.8 Å². The highest BCUT2D eigenvalue weighted by atomic mass is 32.2. The number of aryl methyl sites for hydroxylation is 2. The number of nitrogens with zero attached hydrogens (tertiary/aromatic N) is 4. The number of fused-ring (bicyclic) bond motifs is 1. The Kier molecular flexibility index (Phi) is 14.2. The minimum absolute atomic E-state index is 0.123. The number of nitriles is 1. The summed E-state index contributed by atoms with van der Waals surface area (Å²) in [6, 6.07) is 13.9. The van der Waals surface area contributed by atoms with Gasteiger partial charge in [-0.05, 0) is 114 Å². The van der Waals surface area contributed by atoms with Gasteiger partial charge in [0.25, 0.3) is 20.2 Å². The molecule has 2 N–H and O–H groups in total. The smallest absolute Gasteiger partial charge is 0.295 e. The van der Waals surface area contributed by atoms with Crippen LogP contribution in [0.1, 0.15) is 125 Å². The lowest BCUT2D eigenvalue weighted by atomic mass is 9.74. The van der Waals surface area contributed by atoms with Gasteiger partial charge >= 0.3 is 0 Å². The van der Waals surface area contributed by atoms with Crippen molar-refractivity contribution in [2.24, 2.45) is 0 Å². The van der Waals surface area contributed by atoms with Gasteiger partial charge in [-0.2, -0.15) is 26.7 Å². The van der Waals surface area contributed by atoms with Gasteiger partial charge < -0.3 is 14.2 Å². The minimum Gasteiger partial charge on any atom is -0.744 e. The molecule has 2 atom stereocenters. The molecule has 4 aliphatic heterocycles. The van der Waals surface area contributed by atoms with E-state index in [0.29, 0.717) is 118 Å². The van der Waals surface area contributed by atoms with Crippen molar-refractivity contribution in [3.8, 4) is 11.8 Å². The van der Waals surface area contributed by atoms with Gasteiger partial charge in [0.05, 0.1) is 38.5 Å². The van der Waals surface area contributed by atoms with Crippen molar-refractivity contribution in [2.45, 2.75) is 131 Å². The van der Waals surface area contributed by atoms with Crippen LogP contribution in [0.2, 0.25) is 0 Å². The number of anilines is 1. The summed E-state index contributed by atoms with van der Waals surface area (Å²) in [5.74, 6) is 0.394. The van der Waals surface area contributed by atoms with Crippen molar-refractivity contribution in [1.29, 1.82) is 5.26 Å². The third-order valence-corrected chi connectivity index (χ3v) is 17.6. The fourth-order valence-electron chi connectivity index (χ4n) is 11.0. The average molecular weight is 1010 g/mol. The Bertz CT molecular complexity index is 3150. The monoisotopic (exact) mass is 1000 g/mol. The molecule has 0 radical (unpaired) electrons. The topological polar surface area (TPSA) is 235 Å². The number of hydrogen-bond donors (Lipinski definition) is 2. The van der Waals surface area contributed by atoms with Crippen molar-refractivity contribution in [2.75, 3.05) is 30.3 Å². The van der Waals surface area contributed by atoms with E-state index in [1.165, 1.54) is 23.5 Å². The number of ketones is 1. The Morgan fingerprint density at radius 2 is 1.60 bits per heavy atom. The number of aromatic nitrogens is 1. The molecular weight excluding hydrogens is 949 g/mol. The van der Waals surface area contributed by atoms with E-state index in [1.54, 1.807) is 12.1 Å². The third kappa shape index (κ3) is 10.1. The summed E-state index contributed by atoms with van der Waals surface area (Å²) in [7, 11) is -13.8. The lowest BCUT2D eigenvalue weighted by Crippen LogP contribution is -2.33. The first-order valence-corrected chi connectivity index (χ1v) is 28.5. The van der Waals surface area contributed by atoms with Crippen LogP contribution in [-0.4, -0.2) is 85.4 Å². The van der Waals surface area contributed by atoms with E-state index in [9.17, 15) is 43.7 Å². The van der Waals surface area contributed by atoms with E-state index in [0.717, 1.165) is 57.7 Å². The fourth-order valence-corrected chi connectivity index (χ4v) is 13.9. The highest BCUT2D eigenvalue weighted by molar-refractivity contribution is 7.86. The maximum atomic E-state index is 13.1. The van der Waals surface area contributed by atoms with E-state index in [1.807, 2.05) is 50.3 Å². The normalized spacial score (nSPS) is 20.6. The van der Waals surface area contributed by atoms with Crippen LogP contribution in [0.25, 0.3) is 10.2 Å². The number of carbonyl (C=O) groups is 1. The zero-order valence-electron chi connectivity index (χ0n) is 38.2. The Labute approximate surface area is 402 Å². The van der Waals surface area contributed by atoms with Crippen LogP contribution in [0, 0.1) is 11.3 Å². The molecule has 0 saturated carbocycles. The Morgan fingerprint density at radius 1 is 0.897 bits per heavy atom. The molecule has 15 nitrogen and oxygen atoms in total. The summed E-state index contributed by atoms with van der Waals surface area (Å²) in [6.07, 6.45) is 14.3. The number of unbranched alkanes of at least 4 members (excludes halogenated alkanes) is 4. The van der Waals surface area contributed by atoms with E-state index < -0.39 is 46.9 Å². The molecule has 362 valence electrons. The molecule has 1 aromatic heterocycles. The van der Waals surface area contributed by atoms with Crippen LogP contribution in [0.5, 0.6) is 5.75 Å². The van der Waals surface area contributed by atoms with Gasteiger partial charge in [0.1, 0.15) is 39.2 Å². The van der Waals surface area contributed by atoms with Crippen molar-refractivity contribution in [3.63, 3.8) is 0 Å². The molecule has 4 aromatic rings. The third-order valence-electron chi connectivity index (χ3n) is 14.0. The second kappa shape index (κ2) is 19.5. The van der Waals surface area contributed by atoms with Crippen LogP contribution in [-0.2, 0) is 58.8 Å². The molecule has 3 aromatic carbocycles. The molecule has 2 unspecified atom stereocenters. The van der Waals surface area contributed by atoms with Gasteiger partial charge in [0.2, 0.25) is 5.69 Å².